The number of ether oxygens (including phenoxy) is 1. The molecule has 114 valence electrons. The van der Waals surface area contributed by atoms with Crippen LogP contribution in [0.5, 0.6) is 5.75 Å². The highest BCUT2D eigenvalue weighted by atomic mass is 32.2. The predicted molar refractivity (Wildman–Crippen MR) is 71.7 cm³/mol. The van der Waals surface area contributed by atoms with Crippen LogP contribution < -0.4 is 14.8 Å². The van der Waals surface area contributed by atoms with Crippen molar-refractivity contribution in [2.45, 2.75) is 18.2 Å². The molecule has 0 unspecified atom stereocenters. The Balaban J connectivity index is 2.57. The number of rotatable bonds is 9. The van der Waals surface area contributed by atoms with Crippen molar-refractivity contribution in [3.63, 3.8) is 0 Å². The molecular formula is C12H18F2N2O3S. The molecule has 0 spiro atoms. The van der Waals surface area contributed by atoms with Crippen molar-refractivity contribution in [3.05, 3.63) is 24.3 Å². The van der Waals surface area contributed by atoms with Crippen LogP contribution in [0, 0.1) is 0 Å². The molecule has 0 fully saturated rings. The van der Waals surface area contributed by atoms with E-state index < -0.39 is 23.0 Å². The first-order valence-corrected chi connectivity index (χ1v) is 7.65. The van der Waals surface area contributed by atoms with Crippen LogP contribution in [0.2, 0.25) is 0 Å². The van der Waals surface area contributed by atoms with Crippen LogP contribution in [-0.2, 0) is 10.0 Å². The van der Waals surface area contributed by atoms with Crippen LogP contribution in [0.1, 0.15) is 6.92 Å². The first-order chi connectivity index (χ1) is 9.45. The zero-order chi connectivity index (χ0) is 15.0. The maximum atomic E-state index is 12.0. The van der Waals surface area contributed by atoms with Crippen molar-refractivity contribution in [3.8, 4) is 5.75 Å². The molecule has 0 amide bonds. The van der Waals surface area contributed by atoms with Crippen molar-refractivity contribution in [2.75, 3.05) is 26.2 Å². The molecule has 1 aromatic carbocycles. The van der Waals surface area contributed by atoms with Crippen molar-refractivity contribution < 1.29 is 21.9 Å². The van der Waals surface area contributed by atoms with E-state index in [-0.39, 0.29) is 4.90 Å². The zero-order valence-corrected chi connectivity index (χ0v) is 11.9. The van der Waals surface area contributed by atoms with Gasteiger partial charge >= 0.3 is 0 Å². The lowest BCUT2D eigenvalue weighted by atomic mass is 10.3. The Kier molecular flexibility index (Phi) is 6.83. The third-order valence-electron chi connectivity index (χ3n) is 2.36. The summed E-state index contributed by atoms with van der Waals surface area (Å²) in [6, 6.07) is 5.61. The van der Waals surface area contributed by atoms with E-state index in [1.54, 1.807) is 0 Å². The van der Waals surface area contributed by atoms with Gasteiger partial charge in [0.1, 0.15) is 12.4 Å². The van der Waals surface area contributed by atoms with Gasteiger partial charge in [0.15, 0.2) is 0 Å². The van der Waals surface area contributed by atoms with Gasteiger partial charge in [-0.2, -0.15) is 0 Å². The molecule has 0 aliphatic rings. The Morgan fingerprint density at radius 3 is 2.45 bits per heavy atom. The molecule has 0 aromatic heterocycles. The number of halogens is 2. The summed E-state index contributed by atoms with van der Waals surface area (Å²) in [5.41, 5.74) is 0. The van der Waals surface area contributed by atoms with E-state index in [0.717, 1.165) is 6.54 Å². The van der Waals surface area contributed by atoms with Crippen molar-refractivity contribution in [1.82, 2.24) is 10.0 Å². The molecule has 0 heterocycles. The van der Waals surface area contributed by atoms with Gasteiger partial charge in [-0.1, -0.05) is 6.92 Å². The van der Waals surface area contributed by atoms with Gasteiger partial charge in [-0.05, 0) is 30.8 Å². The fraction of sp³-hybridized carbons (Fsp3) is 0.500. The quantitative estimate of drug-likeness (QED) is 0.673. The lowest BCUT2D eigenvalue weighted by Crippen LogP contribution is -2.28. The van der Waals surface area contributed by atoms with Crippen molar-refractivity contribution >= 4 is 10.0 Å². The van der Waals surface area contributed by atoms with E-state index in [2.05, 4.69) is 5.32 Å². The average Bonchev–Trinajstić information content (AvgIpc) is 2.42. The molecule has 8 heteroatoms. The van der Waals surface area contributed by atoms with Gasteiger partial charge in [0.2, 0.25) is 10.0 Å². The second-order valence-electron chi connectivity index (χ2n) is 3.92. The summed E-state index contributed by atoms with van der Waals surface area (Å²) in [6.07, 6.45) is -2.72. The van der Waals surface area contributed by atoms with Crippen molar-refractivity contribution in [2.24, 2.45) is 0 Å². The minimum atomic E-state index is -3.90. The molecule has 1 rings (SSSR count). The third-order valence-corrected chi connectivity index (χ3v) is 3.80. The standard InChI is InChI=1S/C12H18F2N2O3S/c1-2-15-7-8-19-10-3-5-11(6-4-10)20(17,18)16-9-12(13)14/h3-6,12,15-16H,2,7-9H2,1H3. The van der Waals surface area contributed by atoms with E-state index in [4.69, 9.17) is 4.74 Å². The molecular weight excluding hydrogens is 290 g/mol. The van der Waals surface area contributed by atoms with E-state index in [9.17, 15) is 17.2 Å². The summed E-state index contributed by atoms with van der Waals surface area (Å²) >= 11 is 0. The SMILES string of the molecule is CCNCCOc1ccc(S(=O)(=O)NCC(F)F)cc1. The van der Waals surface area contributed by atoms with Gasteiger partial charge < -0.3 is 10.1 Å². The molecule has 1 aromatic rings. The molecule has 20 heavy (non-hydrogen) atoms. The number of alkyl halides is 2. The maximum absolute atomic E-state index is 12.0. The number of likely N-dealkylation sites (N-methyl/N-ethyl adjacent to an activating group) is 1. The molecule has 0 radical (unpaired) electrons. The maximum Gasteiger partial charge on any atom is 0.251 e. The Bertz CT molecular complexity index is 492. The Morgan fingerprint density at radius 1 is 1.25 bits per heavy atom. The van der Waals surface area contributed by atoms with E-state index >= 15 is 0 Å². The summed E-state index contributed by atoms with van der Waals surface area (Å²) in [7, 11) is -3.90. The van der Waals surface area contributed by atoms with Gasteiger partial charge in [0.25, 0.3) is 6.43 Å². The second kappa shape index (κ2) is 8.13. The summed E-state index contributed by atoms with van der Waals surface area (Å²) < 4.78 is 54.5. The van der Waals surface area contributed by atoms with Gasteiger partial charge in [0.05, 0.1) is 11.4 Å². The molecule has 0 saturated heterocycles. The van der Waals surface area contributed by atoms with Crippen LogP contribution in [-0.4, -0.2) is 41.1 Å². The Morgan fingerprint density at radius 2 is 1.90 bits per heavy atom. The van der Waals surface area contributed by atoms with Gasteiger partial charge in [-0.15, -0.1) is 0 Å². The molecule has 0 bridgehead atoms. The Labute approximate surface area is 117 Å². The van der Waals surface area contributed by atoms with Crippen LogP contribution in [0.3, 0.4) is 0 Å². The summed E-state index contributed by atoms with van der Waals surface area (Å²) in [4.78, 5) is -0.0721. The topological polar surface area (TPSA) is 67.4 Å². The summed E-state index contributed by atoms with van der Waals surface area (Å²) in [6.45, 7) is 3.07. The fourth-order valence-corrected chi connectivity index (χ4v) is 2.40. The smallest absolute Gasteiger partial charge is 0.251 e. The number of nitrogens with one attached hydrogen (secondary N) is 2. The summed E-state index contributed by atoms with van der Waals surface area (Å²) in [5, 5.41) is 3.08. The van der Waals surface area contributed by atoms with Crippen LogP contribution >= 0.6 is 0 Å². The van der Waals surface area contributed by atoms with Crippen molar-refractivity contribution in [1.29, 1.82) is 0 Å². The third kappa shape index (κ3) is 5.81. The molecule has 5 nitrogen and oxygen atoms in total. The highest BCUT2D eigenvalue weighted by Gasteiger charge is 2.15. The normalized spacial score (nSPS) is 11.8. The van der Waals surface area contributed by atoms with E-state index in [1.807, 2.05) is 11.6 Å². The average molecular weight is 308 g/mol. The van der Waals surface area contributed by atoms with Gasteiger partial charge in [-0.3, -0.25) is 0 Å². The first-order valence-electron chi connectivity index (χ1n) is 6.17. The van der Waals surface area contributed by atoms with Gasteiger partial charge in [0, 0.05) is 6.54 Å². The van der Waals surface area contributed by atoms with E-state index in [0.29, 0.717) is 18.9 Å². The zero-order valence-electron chi connectivity index (χ0n) is 11.1. The lowest BCUT2D eigenvalue weighted by molar-refractivity contribution is 0.153. The number of hydrogen-bond donors (Lipinski definition) is 2. The highest BCUT2D eigenvalue weighted by Crippen LogP contribution is 2.15. The summed E-state index contributed by atoms with van der Waals surface area (Å²) in [5.74, 6) is 0.524. The Hall–Kier alpha value is -1.25. The lowest BCUT2D eigenvalue weighted by Gasteiger charge is -2.09. The minimum absolute atomic E-state index is 0.0721. The van der Waals surface area contributed by atoms with Crippen LogP contribution in [0.15, 0.2) is 29.2 Å². The molecule has 0 atom stereocenters. The molecule has 0 saturated carbocycles. The highest BCUT2D eigenvalue weighted by molar-refractivity contribution is 7.89. The van der Waals surface area contributed by atoms with Gasteiger partial charge in [-0.25, -0.2) is 21.9 Å². The van der Waals surface area contributed by atoms with Crippen LogP contribution in [0.4, 0.5) is 8.78 Å². The predicted octanol–water partition coefficient (Wildman–Crippen LogP) is 1.22. The number of hydrogen-bond acceptors (Lipinski definition) is 4. The number of sulfonamides is 1. The fourth-order valence-electron chi connectivity index (χ4n) is 1.39. The largest absolute Gasteiger partial charge is 0.492 e. The molecule has 0 aliphatic heterocycles. The van der Waals surface area contributed by atoms with E-state index in [1.165, 1.54) is 24.3 Å². The molecule has 0 aliphatic carbocycles. The monoisotopic (exact) mass is 308 g/mol. The second-order valence-corrected chi connectivity index (χ2v) is 5.68. The van der Waals surface area contributed by atoms with Crippen LogP contribution in [0.25, 0.3) is 0 Å². The number of benzene rings is 1. The molecule has 2 N–H and O–H groups in total. The minimum Gasteiger partial charge on any atom is -0.492 e. The first kappa shape index (κ1) is 16.8.